The number of aryl methyl sites for hydroxylation is 1. The van der Waals surface area contributed by atoms with Gasteiger partial charge in [0.05, 0.1) is 17.3 Å². The summed E-state index contributed by atoms with van der Waals surface area (Å²) in [4.78, 5) is 4.92. The summed E-state index contributed by atoms with van der Waals surface area (Å²) < 4.78 is 0. The van der Waals surface area contributed by atoms with Gasteiger partial charge in [0.2, 0.25) is 0 Å². The summed E-state index contributed by atoms with van der Waals surface area (Å²) in [6, 6.07) is 21.5. The zero-order chi connectivity index (χ0) is 16.1. The van der Waals surface area contributed by atoms with Crippen LogP contribution in [0.25, 0.3) is 10.9 Å². The number of nitrogens with zero attached hydrogens (tertiary/aromatic N) is 1. The Morgan fingerprint density at radius 1 is 1.00 bits per heavy atom. The first-order valence-corrected chi connectivity index (χ1v) is 8.41. The molecular weight excluding hydrogens is 280 g/mol. The van der Waals surface area contributed by atoms with E-state index in [4.69, 9.17) is 4.98 Å². The number of hydrogen-bond acceptors (Lipinski definition) is 2. The monoisotopic (exact) mass is 304 g/mol. The van der Waals surface area contributed by atoms with E-state index in [0.717, 1.165) is 30.6 Å². The fraction of sp³-hybridized carbons (Fsp3) is 0.286. The maximum Gasteiger partial charge on any atom is 0.0708 e. The number of benzene rings is 2. The van der Waals surface area contributed by atoms with Crippen LogP contribution in [-0.4, -0.2) is 11.5 Å². The van der Waals surface area contributed by atoms with Crippen LogP contribution in [0.4, 0.5) is 0 Å². The SMILES string of the molecule is CCCNC(Cc1ccccc1)c1cc(C)c2ccccc2n1. The van der Waals surface area contributed by atoms with Crippen molar-refractivity contribution in [2.45, 2.75) is 32.7 Å². The Bertz CT molecular complexity index is 765. The highest BCUT2D eigenvalue weighted by Gasteiger charge is 2.14. The summed E-state index contributed by atoms with van der Waals surface area (Å²) in [7, 11) is 0. The van der Waals surface area contributed by atoms with Gasteiger partial charge in [-0.15, -0.1) is 0 Å². The highest BCUT2D eigenvalue weighted by atomic mass is 14.9. The predicted octanol–water partition coefficient (Wildman–Crippen LogP) is 4.83. The maximum atomic E-state index is 4.92. The molecule has 118 valence electrons. The van der Waals surface area contributed by atoms with E-state index in [2.05, 4.69) is 79.8 Å². The van der Waals surface area contributed by atoms with Crippen LogP contribution in [0.2, 0.25) is 0 Å². The molecule has 2 aromatic carbocycles. The first-order chi connectivity index (χ1) is 11.3. The van der Waals surface area contributed by atoms with Crippen molar-refractivity contribution >= 4 is 10.9 Å². The van der Waals surface area contributed by atoms with E-state index in [9.17, 15) is 0 Å². The Labute approximate surface area is 138 Å². The number of aromatic nitrogens is 1. The average Bonchev–Trinajstić information content (AvgIpc) is 2.59. The first kappa shape index (κ1) is 15.7. The Morgan fingerprint density at radius 2 is 1.74 bits per heavy atom. The van der Waals surface area contributed by atoms with Crippen LogP contribution in [-0.2, 0) is 6.42 Å². The van der Waals surface area contributed by atoms with E-state index in [1.807, 2.05) is 0 Å². The van der Waals surface area contributed by atoms with Gasteiger partial charge in [-0.2, -0.15) is 0 Å². The van der Waals surface area contributed by atoms with Gasteiger partial charge in [-0.3, -0.25) is 4.98 Å². The summed E-state index contributed by atoms with van der Waals surface area (Å²) in [6.07, 6.45) is 2.09. The lowest BCUT2D eigenvalue weighted by Gasteiger charge is -2.19. The summed E-state index contributed by atoms with van der Waals surface area (Å²) in [5.74, 6) is 0. The number of pyridine rings is 1. The molecule has 0 aliphatic rings. The van der Waals surface area contributed by atoms with Crippen LogP contribution in [0.3, 0.4) is 0 Å². The summed E-state index contributed by atoms with van der Waals surface area (Å²) >= 11 is 0. The number of fused-ring (bicyclic) bond motifs is 1. The van der Waals surface area contributed by atoms with Gasteiger partial charge in [0.25, 0.3) is 0 Å². The van der Waals surface area contributed by atoms with Crippen LogP contribution in [0.5, 0.6) is 0 Å². The molecule has 1 N–H and O–H groups in total. The van der Waals surface area contributed by atoms with Gasteiger partial charge in [-0.25, -0.2) is 0 Å². The molecule has 0 bridgehead atoms. The molecule has 0 aliphatic heterocycles. The molecular formula is C21H24N2. The van der Waals surface area contributed by atoms with Gasteiger partial charge in [-0.1, -0.05) is 55.5 Å². The van der Waals surface area contributed by atoms with Gasteiger partial charge in [0.15, 0.2) is 0 Å². The Morgan fingerprint density at radius 3 is 2.52 bits per heavy atom. The molecule has 0 fully saturated rings. The molecule has 1 unspecified atom stereocenters. The van der Waals surface area contributed by atoms with E-state index in [1.165, 1.54) is 16.5 Å². The van der Waals surface area contributed by atoms with Gasteiger partial charge >= 0.3 is 0 Å². The molecule has 1 atom stereocenters. The number of hydrogen-bond donors (Lipinski definition) is 1. The van der Waals surface area contributed by atoms with Crippen molar-refractivity contribution in [2.75, 3.05) is 6.54 Å². The van der Waals surface area contributed by atoms with Gasteiger partial charge < -0.3 is 5.32 Å². The van der Waals surface area contributed by atoms with E-state index in [-0.39, 0.29) is 6.04 Å². The van der Waals surface area contributed by atoms with Gasteiger partial charge in [-0.05, 0) is 49.6 Å². The van der Waals surface area contributed by atoms with Crippen molar-refractivity contribution in [2.24, 2.45) is 0 Å². The minimum Gasteiger partial charge on any atom is -0.308 e. The van der Waals surface area contributed by atoms with E-state index >= 15 is 0 Å². The lowest BCUT2D eigenvalue weighted by atomic mass is 10.00. The zero-order valence-corrected chi connectivity index (χ0v) is 13.9. The quantitative estimate of drug-likeness (QED) is 0.706. The molecule has 0 radical (unpaired) electrons. The summed E-state index contributed by atoms with van der Waals surface area (Å²) in [6.45, 7) is 5.38. The minimum absolute atomic E-state index is 0.251. The largest absolute Gasteiger partial charge is 0.308 e. The Balaban J connectivity index is 1.95. The minimum atomic E-state index is 0.251. The zero-order valence-electron chi connectivity index (χ0n) is 13.9. The molecule has 1 aromatic heterocycles. The summed E-state index contributed by atoms with van der Waals surface area (Å²) in [5.41, 5.74) is 4.85. The molecule has 2 nitrogen and oxygen atoms in total. The lowest BCUT2D eigenvalue weighted by Crippen LogP contribution is -2.25. The normalized spacial score (nSPS) is 12.4. The highest BCUT2D eigenvalue weighted by Crippen LogP contribution is 2.23. The number of rotatable bonds is 6. The molecule has 0 saturated heterocycles. The second kappa shape index (κ2) is 7.38. The third-order valence-corrected chi connectivity index (χ3v) is 4.22. The summed E-state index contributed by atoms with van der Waals surface area (Å²) in [5, 5.41) is 4.90. The van der Waals surface area contributed by atoms with Crippen molar-refractivity contribution in [1.82, 2.24) is 10.3 Å². The van der Waals surface area contributed by atoms with Crippen molar-refractivity contribution in [3.63, 3.8) is 0 Å². The fourth-order valence-corrected chi connectivity index (χ4v) is 3.00. The molecule has 23 heavy (non-hydrogen) atoms. The van der Waals surface area contributed by atoms with Crippen molar-refractivity contribution < 1.29 is 0 Å². The predicted molar refractivity (Wildman–Crippen MR) is 97.7 cm³/mol. The molecule has 0 aliphatic carbocycles. The van der Waals surface area contributed by atoms with E-state index in [1.54, 1.807) is 0 Å². The van der Waals surface area contributed by atoms with E-state index < -0.39 is 0 Å². The molecule has 1 heterocycles. The molecule has 3 aromatic rings. The average molecular weight is 304 g/mol. The fourth-order valence-electron chi connectivity index (χ4n) is 3.00. The Hall–Kier alpha value is -2.19. The Kier molecular flexibility index (Phi) is 5.04. The second-order valence-electron chi connectivity index (χ2n) is 6.08. The molecule has 0 spiro atoms. The smallest absolute Gasteiger partial charge is 0.0708 e. The van der Waals surface area contributed by atoms with Crippen LogP contribution < -0.4 is 5.32 Å². The molecule has 0 amide bonds. The maximum absolute atomic E-state index is 4.92. The second-order valence-corrected chi connectivity index (χ2v) is 6.08. The topological polar surface area (TPSA) is 24.9 Å². The standard InChI is InChI=1S/C21H24N2/c1-3-13-22-20(15-17-9-5-4-6-10-17)21-14-16(2)18-11-7-8-12-19(18)23-21/h4-12,14,20,22H,3,13,15H2,1-2H3. The van der Waals surface area contributed by atoms with Crippen LogP contribution in [0.15, 0.2) is 60.7 Å². The van der Waals surface area contributed by atoms with Gasteiger partial charge in [0, 0.05) is 5.39 Å². The van der Waals surface area contributed by atoms with Crippen LogP contribution in [0, 0.1) is 6.92 Å². The highest BCUT2D eigenvalue weighted by molar-refractivity contribution is 5.82. The molecule has 3 rings (SSSR count). The van der Waals surface area contributed by atoms with E-state index in [0.29, 0.717) is 0 Å². The number of nitrogens with one attached hydrogen (secondary N) is 1. The van der Waals surface area contributed by atoms with Crippen LogP contribution >= 0.6 is 0 Å². The van der Waals surface area contributed by atoms with Gasteiger partial charge in [0.1, 0.15) is 0 Å². The van der Waals surface area contributed by atoms with Crippen LogP contribution in [0.1, 0.15) is 36.2 Å². The first-order valence-electron chi connectivity index (χ1n) is 8.41. The lowest BCUT2D eigenvalue weighted by molar-refractivity contribution is 0.519. The van der Waals surface area contributed by atoms with Crippen molar-refractivity contribution in [3.05, 3.63) is 77.5 Å². The third kappa shape index (κ3) is 3.77. The third-order valence-electron chi connectivity index (χ3n) is 4.22. The van der Waals surface area contributed by atoms with Crippen molar-refractivity contribution in [3.8, 4) is 0 Å². The number of para-hydroxylation sites is 1. The molecule has 2 heteroatoms. The molecule has 0 saturated carbocycles. The van der Waals surface area contributed by atoms with Crippen molar-refractivity contribution in [1.29, 1.82) is 0 Å².